The van der Waals surface area contributed by atoms with Crippen LogP contribution in [0.5, 0.6) is 0 Å². The van der Waals surface area contributed by atoms with Crippen molar-refractivity contribution in [1.82, 2.24) is 9.97 Å². The van der Waals surface area contributed by atoms with Crippen LogP contribution in [0.15, 0.2) is 6.20 Å². The van der Waals surface area contributed by atoms with Crippen LogP contribution in [0.1, 0.15) is 12.0 Å². The van der Waals surface area contributed by atoms with Crippen molar-refractivity contribution in [3.8, 4) is 0 Å². The molecule has 2 aliphatic rings. The fraction of sp³-hybridized carbons (Fsp3) is 0.545. The topological polar surface area (TPSA) is 55.3 Å². The predicted molar refractivity (Wildman–Crippen MR) is 62.3 cm³/mol. The molecule has 17 heavy (non-hydrogen) atoms. The summed E-state index contributed by atoms with van der Waals surface area (Å²) >= 11 is 5.82. The number of aromatic nitrogens is 2. The third-order valence-corrected chi connectivity index (χ3v) is 3.34. The average Bonchev–Trinajstić information content (AvgIpc) is 2.56. The highest BCUT2D eigenvalue weighted by Crippen LogP contribution is 2.28. The zero-order valence-corrected chi connectivity index (χ0v) is 9.98. The molecule has 1 saturated heterocycles. The molecule has 0 radical (unpaired) electrons. The van der Waals surface area contributed by atoms with E-state index in [1.807, 2.05) is 4.90 Å². The molecule has 1 aromatic heterocycles. The number of ketones is 1. The second-order valence-electron chi connectivity index (χ2n) is 4.27. The van der Waals surface area contributed by atoms with E-state index in [0.29, 0.717) is 19.6 Å². The quantitative estimate of drug-likeness (QED) is 0.642. The standard InChI is InChI=1S/C11H12ClN3O2/c12-11-13-5-7-4-9(16)8-6-17-3-1-2-15(8)10(7)14-11/h5,8H,1-4,6H2. The lowest BCUT2D eigenvalue weighted by atomic mass is 9.99. The Balaban J connectivity index is 2.05. The second kappa shape index (κ2) is 4.23. The molecule has 5 nitrogen and oxygen atoms in total. The summed E-state index contributed by atoms with van der Waals surface area (Å²) < 4.78 is 5.44. The third-order valence-electron chi connectivity index (χ3n) is 3.16. The van der Waals surface area contributed by atoms with E-state index in [2.05, 4.69) is 9.97 Å². The Bertz CT molecular complexity index is 466. The molecule has 1 unspecified atom stereocenters. The lowest BCUT2D eigenvalue weighted by Crippen LogP contribution is -2.48. The molecule has 3 heterocycles. The lowest BCUT2D eigenvalue weighted by molar-refractivity contribution is -0.121. The minimum Gasteiger partial charge on any atom is -0.379 e. The molecule has 90 valence electrons. The van der Waals surface area contributed by atoms with Gasteiger partial charge >= 0.3 is 0 Å². The van der Waals surface area contributed by atoms with Gasteiger partial charge in [-0.05, 0) is 18.0 Å². The SMILES string of the molecule is O=C1Cc2cnc(Cl)nc2N2CCCOCC12. The van der Waals surface area contributed by atoms with Gasteiger partial charge in [0.05, 0.1) is 6.61 Å². The number of anilines is 1. The van der Waals surface area contributed by atoms with Gasteiger partial charge < -0.3 is 9.64 Å². The maximum atomic E-state index is 12.0. The number of ether oxygens (including phenoxy) is 1. The molecule has 0 N–H and O–H groups in total. The van der Waals surface area contributed by atoms with Crippen LogP contribution < -0.4 is 4.90 Å². The van der Waals surface area contributed by atoms with Gasteiger partial charge in [0, 0.05) is 31.3 Å². The largest absolute Gasteiger partial charge is 0.379 e. The first kappa shape index (κ1) is 10.9. The minimum atomic E-state index is -0.212. The zero-order chi connectivity index (χ0) is 11.8. The van der Waals surface area contributed by atoms with E-state index in [4.69, 9.17) is 16.3 Å². The van der Waals surface area contributed by atoms with Gasteiger partial charge in [0.25, 0.3) is 0 Å². The first-order valence-electron chi connectivity index (χ1n) is 5.64. The molecular weight excluding hydrogens is 242 g/mol. The minimum absolute atomic E-state index is 0.172. The molecule has 0 amide bonds. The lowest BCUT2D eigenvalue weighted by Gasteiger charge is -2.34. The average molecular weight is 254 g/mol. The van der Waals surface area contributed by atoms with Crippen molar-refractivity contribution in [3.63, 3.8) is 0 Å². The van der Waals surface area contributed by atoms with Gasteiger partial charge in [0.1, 0.15) is 11.9 Å². The first-order chi connectivity index (χ1) is 8.25. The number of nitrogens with zero attached hydrogens (tertiary/aromatic N) is 3. The number of hydrogen-bond donors (Lipinski definition) is 0. The molecule has 0 spiro atoms. The van der Waals surface area contributed by atoms with Crippen molar-refractivity contribution < 1.29 is 9.53 Å². The molecule has 3 rings (SSSR count). The molecule has 1 aromatic rings. The maximum Gasteiger partial charge on any atom is 0.224 e. The summed E-state index contributed by atoms with van der Waals surface area (Å²) in [5, 5.41) is 0.224. The molecule has 0 aliphatic carbocycles. The van der Waals surface area contributed by atoms with Crippen molar-refractivity contribution in [3.05, 3.63) is 17.0 Å². The summed E-state index contributed by atoms with van der Waals surface area (Å²) in [6.45, 7) is 1.91. The Kier molecular flexibility index (Phi) is 2.72. The predicted octanol–water partition coefficient (Wildman–Crippen LogP) is 0.851. The Hall–Kier alpha value is -1.20. The summed E-state index contributed by atoms with van der Waals surface area (Å²) in [6.07, 6.45) is 2.91. The Labute approximate surface area is 104 Å². The summed E-state index contributed by atoms with van der Waals surface area (Å²) in [4.78, 5) is 22.2. The highest BCUT2D eigenvalue weighted by molar-refractivity contribution is 6.28. The molecule has 2 aliphatic heterocycles. The van der Waals surface area contributed by atoms with E-state index in [0.717, 1.165) is 24.3 Å². The molecule has 0 aromatic carbocycles. The van der Waals surface area contributed by atoms with Crippen LogP contribution in [-0.2, 0) is 16.0 Å². The van der Waals surface area contributed by atoms with Crippen LogP contribution in [0.3, 0.4) is 0 Å². The number of hydrogen-bond acceptors (Lipinski definition) is 5. The van der Waals surface area contributed by atoms with Crippen LogP contribution in [0.25, 0.3) is 0 Å². The number of rotatable bonds is 0. The van der Waals surface area contributed by atoms with E-state index in [1.165, 1.54) is 0 Å². The molecule has 0 saturated carbocycles. The van der Waals surface area contributed by atoms with Crippen molar-refractivity contribution in [2.75, 3.05) is 24.7 Å². The van der Waals surface area contributed by atoms with Gasteiger partial charge in [-0.1, -0.05) is 0 Å². The maximum absolute atomic E-state index is 12.0. The van der Waals surface area contributed by atoms with Crippen LogP contribution >= 0.6 is 11.6 Å². The zero-order valence-electron chi connectivity index (χ0n) is 9.23. The fourth-order valence-electron chi connectivity index (χ4n) is 2.35. The van der Waals surface area contributed by atoms with Gasteiger partial charge in [0.2, 0.25) is 5.28 Å². The summed E-state index contributed by atoms with van der Waals surface area (Å²) in [6, 6.07) is -0.212. The van der Waals surface area contributed by atoms with E-state index >= 15 is 0 Å². The summed E-state index contributed by atoms with van der Waals surface area (Å²) in [5.41, 5.74) is 0.859. The van der Waals surface area contributed by atoms with Gasteiger partial charge in [-0.25, -0.2) is 9.97 Å². The van der Waals surface area contributed by atoms with Crippen LogP contribution in [-0.4, -0.2) is 41.6 Å². The molecule has 1 fully saturated rings. The number of carbonyl (C=O) groups is 1. The van der Waals surface area contributed by atoms with Crippen LogP contribution in [0, 0.1) is 0 Å². The third kappa shape index (κ3) is 1.89. The number of fused-ring (bicyclic) bond motifs is 3. The smallest absolute Gasteiger partial charge is 0.224 e. The van der Waals surface area contributed by atoms with E-state index in [9.17, 15) is 4.79 Å². The van der Waals surface area contributed by atoms with Crippen molar-refractivity contribution >= 4 is 23.2 Å². The Morgan fingerprint density at radius 1 is 1.53 bits per heavy atom. The van der Waals surface area contributed by atoms with Crippen LogP contribution in [0.4, 0.5) is 5.82 Å². The number of Topliss-reactive ketones (excluding diaryl/α,β-unsaturated/α-hetero) is 1. The highest BCUT2D eigenvalue weighted by atomic mass is 35.5. The van der Waals surface area contributed by atoms with Gasteiger partial charge in [-0.2, -0.15) is 0 Å². The fourth-order valence-corrected chi connectivity index (χ4v) is 2.48. The number of carbonyl (C=O) groups excluding carboxylic acids is 1. The Morgan fingerprint density at radius 2 is 2.41 bits per heavy atom. The Morgan fingerprint density at radius 3 is 3.29 bits per heavy atom. The van der Waals surface area contributed by atoms with Crippen molar-refractivity contribution in [1.29, 1.82) is 0 Å². The van der Waals surface area contributed by atoms with Crippen molar-refractivity contribution in [2.45, 2.75) is 18.9 Å². The van der Waals surface area contributed by atoms with Crippen LogP contribution in [0.2, 0.25) is 5.28 Å². The molecule has 0 bridgehead atoms. The molecule has 6 heteroatoms. The van der Waals surface area contributed by atoms with Crippen molar-refractivity contribution in [2.24, 2.45) is 0 Å². The second-order valence-corrected chi connectivity index (χ2v) is 4.61. The van der Waals surface area contributed by atoms with Gasteiger partial charge in [-0.15, -0.1) is 0 Å². The normalized spacial score (nSPS) is 23.9. The van der Waals surface area contributed by atoms with Gasteiger partial charge in [-0.3, -0.25) is 4.79 Å². The van der Waals surface area contributed by atoms with E-state index in [-0.39, 0.29) is 17.1 Å². The molecule has 1 atom stereocenters. The van der Waals surface area contributed by atoms with Gasteiger partial charge in [0.15, 0.2) is 5.78 Å². The summed E-state index contributed by atoms with van der Waals surface area (Å²) in [7, 11) is 0. The van der Waals surface area contributed by atoms with E-state index < -0.39 is 0 Å². The van der Waals surface area contributed by atoms with E-state index in [1.54, 1.807) is 6.20 Å². The highest BCUT2D eigenvalue weighted by Gasteiger charge is 2.35. The monoisotopic (exact) mass is 253 g/mol. The number of halogens is 1. The molecular formula is C11H12ClN3O2. The summed E-state index contributed by atoms with van der Waals surface area (Å²) in [5.74, 6) is 0.963. The first-order valence-corrected chi connectivity index (χ1v) is 6.02.